The molecule has 0 radical (unpaired) electrons. The van der Waals surface area contributed by atoms with E-state index in [1.54, 1.807) is 0 Å². The SMILES string of the molecule is CCc1cccc(CC)c1NCCCC(C)N. The van der Waals surface area contributed by atoms with Crippen LogP contribution < -0.4 is 11.1 Å². The molecule has 0 amide bonds. The monoisotopic (exact) mass is 234 g/mol. The van der Waals surface area contributed by atoms with Crippen LogP contribution in [0.15, 0.2) is 18.2 Å². The summed E-state index contributed by atoms with van der Waals surface area (Å²) in [5, 5.41) is 3.58. The van der Waals surface area contributed by atoms with Crippen LogP contribution in [0.5, 0.6) is 0 Å². The largest absolute Gasteiger partial charge is 0.385 e. The summed E-state index contributed by atoms with van der Waals surface area (Å²) in [7, 11) is 0. The Kier molecular flexibility index (Phi) is 6.06. The van der Waals surface area contributed by atoms with Crippen LogP contribution in [0.2, 0.25) is 0 Å². The molecule has 0 heterocycles. The van der Waals surface area contributed by atoms with Crippen molar-refractivity contribution in [3.8, 4) is 0 Å². The van der Waals surface area contributed by atoms with Gasteiger partial charge in [0.2, 0.25) is 0 Å². The number of nitrogens with one attached hydrogen (secondary N) is 1. The van der Waals surface area contributed by atoms with Gasteiger partial charge in [-0.15, -0.1) is 0 Å². The van der Waals surface area contributed by atoms with Crippen LogP contribution in [0.25, 0.3) is 0 Å². The van der Waals surface area contributed by atoms with Crippen molar-refractivity contribution in [1.29, 1.82) is 0 Å². The van der Waals surface area contributed by atoms with Crippen LogP contribution in [0.1, 0.15) is 44.7 Å². The third-order valence-corrected chi connectivity index (χ3v) is 3.14. The number of hydrogen-bond donors (Lipinski definition) is 2. The molecule has 2 nitrogen and oxygen atoms in total. The van der Waals surface area contributed by atoms with Gasteiger partial charge in [0.15, 0.2) is 0 Å². The van der Waals surface area contributed by atoms with Gasteiger partial charge < -0.3 is 11.1 Å². The molecule has 0 aromatic heterocycles. The summed E-state index contributed by atoms with van der Waals surface area (Å²) in [5.41, 5.74) is 9.95. The average molecular weight is 234 g/mol. The van der Waals surface area contributed by atoms with Crippen molar-refractivity contribution in [1.82, 2.24) is 0 Å². The molecular weight excluding hydrogens is 208 g/mol. The molecule has 0 saturated heterocycles. The van der Waals surface area contributed by atoms with Crippen LogP contribution in [0, 0.1) is 0 Å². The van der Waals surface area contributed by atoms with Crippen molar-refractivity contribution in [3.63, 3.8) is 0 Å². The molecule has 17 heavy (non-hydrogen) atoms. The maximum absolute atomic E-state index is 5.76. The highest BCUT2D eigenvalue weighted by molar-refractivity contribution is 5.57. The normalized spacial score (nSPS) is 12.5. The second kappa shape index (κ2) is 7.33. The van der Waals surface area contributed by atoms with E-state index in [4.69, 9.17) is 5.73 Å². The predicted octanol–water partition coefficient (Wildman–Crippen LogP) is 3.35. The lowest BCUT2D eigenvalue weighted by atomic mass is 10.0. The highest BCUT2D eigenvalue weighted by Crippen LogP contribution is 2.22. The molecule has 0 spiro atoms. The third kappa shape index (κ3) is 4.39. The van der Waals surface area contributed by atoms with Gasteiger partial charge in [0.05, 0.1) is 0 Å². The van der Waals surface area contributed by atoms with Gasteiger partial charge in [0.1, 0.15) is 0 Å². The Morgan fingerprint density at radius 1 is 1.18 bits per heavy atom. The number of hydrogen-bond acceptors (Lipinski definition) is 2. The van der Waals surface area contributed by atoms with Gasteiger partial charge in [-0.05, 0) is 43.7 Å². The van der Waals surface area contributed by atoms with E-state index in [-0.39, 0.29) is 0 Å². The zero-order chi connectivity index (χ0) is 12.7. The van der Waals surface area contributed by atoms with E-state index in [2.05, 4.69) is 44.3 Å². The van der Waals surface area contributed by atoms with E-state index in [0.29, 0.717) is 6.04 Å². The van der Waals surface area contributed by atoms with Gasteiger partial charge in [0.25, 0.3) is 0 Å². The Morgan fingerprint density at radius 3 is 2.24 bits per heavy atom. The Balaban J connectivity index is 2.61. The number of nitrogens with two attached hydrogens (primary N) is 1. The van der Waals surface area contributed by atoms with Crippen LogP contribution in [-0.2, 0) is 12.8 Å². The first-order valence-electron chi connectivity index (χ1n) is 6.79. The minimum Gasteiger partial charge on any atom is -0.385 e. The molecule has 0 aliphatic carbocycles. The molecule has 3 N–H and O–H groups in total. The molecule has 96 valence electrons. The quantitative estimate of drug-likeness (QED) is 0.710. The molecule has 0 fully saturated rings. The van der Waals surface area contributed by atoms with E-state index in [1.165, 1.54) is 16.8 Å². The van der Waals surface area contributed by atoms with Gasteiger partial charge in [-0.1, -0.05) is 32.0 Å². The van der Waals surface area contributed by atoms with Gasteiger partial charge in [-0.3, -0.25) is 0 Å². The average Bonchev–Trinajstić information content (AvgIpc) is 2.34. The topological polar surface area (TPSA) is 38.0 Å². The van der Waals surface area contributed by atoms with E-state index < -0.39 is 0 Å². The third-order valence-electron chi connectivity index (χ3n) is 3.14. The number of benzene rings is 1. The molecule has 0 saturated carbocycles. The fourth-order valence-electron chi connectivity index (χ4n) is 2.11. The molecule has 1 aromatic carbocycles. The van der Waals surface area contributed by atoms with Crippen LogP contribution >= 0.6 is 0 Å². The molecule has 0 aliphatic heterocycles. The highest BCUT2D eigenvalue weighted by atomic mass is 14.9. The van der Waals surface area contributed by atoms with Crippen LogP contribution in [0.4, 0.5) is 5.69 Å². The predicted molar refractivity (Wildman–Crippen MR) is 76.6 cm³/mol. The summed E-state index contributed by atoms with van der Waals surface area (Å²) in [6.07, 6.45) is 4.40. The number of rotatable bonds is 7. The van der Waals surface area contributed by atoms with Crippen LogP contribution in [0.3, 0.4) is 0 Å². The van der Waals surface area contributed by atoms with Gasteiger partial charge in [0, 0.05) is 18.3 Å². The number of aryl methyl sites for hydroxylation is 2. The first-order chi connectivity index (χ1) is 8.19. The Morgan fingerprint density at radius 2 is 1.76 bits per heavy atom. The van der Waals surface area contributed by atoms with Crippen molar-refractivity contribution in [2.24, 2.45) is 5.73 Å². The number of para-hydroxylation sites is 1. The maximum atomic E-state index is 5.76. The molecule has 2 heteroatoms. The van der Waals surface area contributed by atoms with Crippen molar-refractivity contribution in [3.05, 3.63) is 29.3 Å². The first kappa shape index (κ1) is 14.0. The fourth-order valence-corrected chi connectivity index (χ4v) is 2.11. The zero-order valence-corrected chi connectivity index (χ0v) is 11.4. The van der Waals surface area contributed by atoms with E-state index in [0.717, 1.165) is 32.2 Å². The molecular formula is C15H26N2. The maximum Gasteiger partial charge on any atom is 0.0405 e. The summed E-state index contributed by atoms with van der Waals surface area (Å²) < 4.78 is 0. The fraction of sp³-hybridized carbons (Fsp3) is 0.600. The van der Waals surface area contributed by atoms with Gasteiger partial charge >= 0.3 is 0 Å². The Bertz CT molecular complexity index is 309. The van der Waals surface area contributed by atoms with Gasteiger partial charge in [-0.25, -0.2) is 0 Å². The summed E-state index contributed by atoms with van der Waals surface area (Å²) in [4.78, 5) is 0. The second-order valence-electron chi connectivity index (χ2n) is 4.70. The molecule has 0 aliphatic rings. The molecule has 1 rings (SSSR count). The summed E-state index contributed by atoms with van der Waals surface area (Å²) in [6.45, 7) is 7.51. The lowest BCUT2D eigenvalue weighted by Gasteiger charge is -2.15. The zero-order valence-electron chi connectivity index (χ0n) is 11.4. The smallest absolute Gasteiger partial charge is 0.0405 e. The molecule has 0 bridgehead atoms. The lowest BCUT2D eigenvalue weighted by Crippen LogP contribution is -2.16. The molecule has 1 aromatic rings. The standard InChI is InChI=1S/C15H26N2/c1-4-13-9-6-10-14(5-2)15(13)17-11-7-8-12(3)16/h6,9-10,12,17H,4-5,7-8,11,16H2,1-3H3. The van der Waals surface area contributed by atoms with Crippen LogP contribution in [-0.4, -0.2) is 12.6 Å². The highest BCUT2D eigenvalue weighted by Gasteiger charge is 2.05. The van der Waals surface area contributed by atoms with Crippen molar-refractivity contribution < 1.29 is 0 Å². The van der Waals surface area contributed by atoms with E-state index >= 15 is 0 Å². The van der Waals surface area contributed by atoms with E-state index in [1.807, 2.05) is 0 Å². The number of anilines is 1. The lowest BCUT2D eigenvalue weighted by molar-refractivity contribution is 0.639. The second-order valence-corrected chi connectivity index (χ2v) is 4.70. The minimum atomic E-state index is 0.309. The first-order valence-corrected chi connectivity index (χ1v) is 6.79. The summed E-state index contributed by atoms with van der Waals surface area (Å²) >= 11 is 0. The van der Waals surface area contributed by atoms with Crippen molar-refractivity contribution in [2.45, 2.75) is 52.5 Å². The Labute approximate surface area is 106 Å². The van der Waals surface area contributed by atoms with E-state index in [9.17, 15) is 0 Å². The summed E-state index contributed by atoms with van der Waals surface area (Å²) in [6, 6.07) is 6.90. The van der Waals surface area contributed by atoms with Crippen molar-refractivity contribution >= 4 is 5.69 Å². The molecule has 1 atom stereocenters. The van der Waals surface area contributed by atoms with Gasteiger partial charge in [-0.2, -0.15) is 0 Å². The van der Waals surface area contributed by atoms with Crippen molar-refractivity contribution in [2.75, 3.05) is 11.9 Å². The summed E-state index contributed by atoms with van der Waals surface area (Å²) in [5.74, 6) is 0. The minimum absolute atomic E-state index is 0.309. The Hall–Kier alpha value is -1.02. The molecule has 1 unspecified atom stereocenters.